The van der Waals surface area contributed by atoms with Crippen LogP contribution in [-0.2, 0) is 6.18 Å². The summed E-state index contributed by atoms with van der Waals surface area (Å²) in [6.07, 6.45) is 1.45. The molecular weight excluding hydrogens is 377 g/mol. The number of nitrogens with zero attached hydrogens (tertiary/aromatic N) is 3. The lowest BCUT2D eigenvalue weighted by Gasteiger charge is -2.21. The molecule has 1 aromatic carbocycles. The molecule has 2 aliphatic heterocycles. The summed E-state index contributed by atoms with van der Waals surface area (Å²) in [6.45, 7) is 3.31. The van der Waals surface area contributed by atoms with Gasteiger partial charge in [-0.05, 0) is 36.6 Å². The number of aromatic nitrogens is 2. The Morgan fingerprint density at radius 1 is 1.15 bits per heavy atom. The summed E-state index contributed by atoms with van der Waals surface area (Å²) >= 11 is 5.73. The van der Waals surface area contributed by atoms with Crippen LogP contribution in [0.3, 0.4) is 0 Å². The van der Waals surface area contributed by atoms with Crippen LogP contribution in [0, 0.1) is 0 Å². The van der Waals surface area contributed by atoms with E-state index in [0.29, 0.717) is 5.56 Å². The Balaban J connectivity index is 1.79. The van der Waals surface area contributed by atoms with Gasteiger partial charge in [-0.1, -0.05) is 17.7 Å². The van der Waals surface area contributed by atoms with Crippen molar-refractivity contribution in [3.8, 4) is 11.4 Å². The minimum Gasteiger partial charge on any atom is -0.356 e. The minimum atomic E-state index is -4.52. The summed E-state index contributed by atoms with van der Waals surface area (Å²) in [7, 11) is 0. The molecule has 1 aromatic heterocycles. The van der Waals surface area contributed by atoms with Crippen LogP contribution in [0.5, 0.6) is 0 Å². The molecule has 1 fully saturated rings. The van der Waals surface area contributed by atoms with Crippen LogP contribution in [0.15, 0.2) is 30.5 Å². The molecule has 3 heterocycles. The number of hydrogen-bond acceptors (Lipinski definition) is 4. The summed E-state index contributed by atoms with van der Waals surface area (Å²) in [6, 6.07) is 3.79. The van der Waals surface area contributed by atoms with Gasteiger partial charge in [-0.2, -0.15) is 13.2 Å². The van der Waals surface area contributed by atoms with Crippen molar-refractivity contribution in [1.29, 1.82) is 0 Å². The maximum Gasteiger partial charge on any atom is 0.417 e. The van der Waals surface area contributed by atoms with Gasteiger partial charge in [0.2, 0.25) is 0 Å². The van der Waals surface area contributed by atoms with E-state index in [1.807, 2.05) is 0 Å². The second kappa shape index (κ2) is 7.13. The molecule has 0 radical (unpaired) electrons. The Bertz CT molecular complexity index is 889. The van der Waals surface area contributed by atoms with E-state index in [9.17, 15) is 13.2 Å². The van der Waals surface area contributed by atoms with Gasteiger partial charge >= 0.3 is 6.18 Å². The van der Waals surface area contributed by atoms with E-state index < -0.39 is 11.7 Å². The summed E-state index contributed by atoms with van der Waals surface area (Å²) in [5.41, 5.74) is 1.49. The maximum atomic E-state index is 13.2. The summed E-state index contributed by atoms with van der Waals surface area (Å²) < 4.78 is 39.6. The SMILES string of the molecule is FC(F)(F)c1cc(-c2ncc(C3=CCNC3)c(N3CCCC3)n2)ccc1Cl. The molecule has 0 aliphatic carbocycles. The van der Waals surface area contributed by atoms with Crippen molar-refractivity contribution in [2.24, 2.45) is 0 Å². The molecule has 0 amide bonds. The lowest BCUT2D eigenvalue weighted by atomic mass is 10.1. The zero-order valence-corrected chi connectivity index (χ0v) is 15.2. The molecule has 0 atom stereocenters. The third-order valence-electron chi connectivity index (χ3n) is 4.86. The van der Waals surface area contributed by atoms with Gasteiger partial charge in [-0.25, -0.2) is 9.97 Å². The van der Waals surface area contributed by atoms with Crippen molar-refractivity contribution in [3.63, 3.8) is 0 Å². The number of alkyl halides is 3. The molecule has 1 saturated heterocycles. The third-order valence-corrected chi connectivity index (χ3v) is 5.19. The van der Waals surface area contributed by atoms with E-state index in [1.165, 1.54) is 12.1 Å². The third kappa shape index (κ3) is 3.66. The van der Waals surface area contributed by atoms with Crippen LogP contribution < -0.4 is 10.2 Å². The Hall–Kier alpha value is -2.12. The van der Waals surface area contributed by atoms with Crippen LogP contribution in [-0.4, -0.2) is 36.1 Å². The Kier molecular flexibility index (Phi) is 4.82. The van der Waals surface area contributed by atoms with Crippen molar-refractivity contribution < 1.29 is 13.2 Å². The second-order valence-corrected chi connectivity index (χ2v) is 7.08. The van der Waals surface area contributed by atoms with Crippen molar-refractivity contribution in [3.05, 3.63) is 46.6 Å². The Labute approximate surface area is 160 Å². The minimum absolute atomic E-state index is 0.273. The van der Waals surface area contributed by atoms with Crippen LogP contribution >= 0.6 is 11.6 Å². The first kappa shape index (κ1) is 18.3. The Morgan fingerprint density at radius 2 is 1.93 bits per heavy atom. The molecule has 142 valence electrons. The van der Waals surface area contributed by atoms with Gasteiger partial charge in [0.25, 0.3) is 0 Å². The van der Waals surface area contributed by atoms with Crippen molar-refractivity contribution in [2.45, 2.75) is 19.0 Å². The summed E-state index contributed by atoms with van der Waals surface area (Å²) in [4.78, 5) is 11.2. The van der Waals surface area contributed by atoms with Gasteiger partial charge in [0, 0.05) is 43.5 Å². The average molecular weight is 395 g/mol. The fourth-order valence-corrected chi connectivity index (χ4v) is 3.69. The number of anilines is 1. The molecule has 1 N–H and O–H groups in total. The zero-order valence-electron chi connectivity index (χ0n) is 14.5. The number of hydrogen-bond donors (Lipinski definition) is 1. The summed E-state index contributed by atoms with van der Waals surface area (Å²) in [5.74, 6) is 1.06. The van der Waals surface area contributed by atoms with E-state index in [4.69, 9.17) is 11.6 Å². The van der Waals surface area contributed by atoms with Crippen LogP contribution in [0.25, 0.3) is 17.0 Å². The van der Waals surface area contributed by atoms with E-state index in [-0.39, 0.29) is 10.8 Å². The molecule has 2 aromatic rings. The molecule has 0 unspecified atom stereocenters. The van der Waals surface area contributed by atoms with Crippen molar-refractivity contribution in [2.75, 3.05) is 31.1 Å². The van der Waals surface area contributed by atoms with Gasteiger partial charge in [-0.15, -0.1) is 0 Å². The average Bonchev–Trinajstić information content (AvgIpc) is 3.34. The highest BCUT2D eigenvalue weighted by Crippen LogP contribution is 2.37. The zero-order chi connectivity index (χ0) is 19.0. The first-order chi connectivity index (χ1) is 12.9. The number of nitrogens with one attached hydrogen (secondary N) is 1. The van der Waals surface area contributed by atoms with Gasteiger partial charge < -0.3 is 10.2 Å². The standard InChI is InChI=1S/C19H18ClF3N4/c20-16-4-3-12(9-15(16)19(21,22)23)17-25-11-14(13-5-6-24-10-13)18(26-17)27-7-1-2-8-27/h3-5,9,11,24H,1-2,6-8,10H2. The van der Waals surface area contributed by atoms with Gasteiger partial charge in [0.05, 0.1) is 10.6 Å². The van der Waals surface area contributed by atoms with Gasteiger partial charge in [0.15, 0.2) is 5.82 Å². The van der Waals surface area contributed by atoms with Gasteiger partial charge in [0.1, 0.15) is 5.82 Å². The molecular formula is C19H18ClF3N4. The molecule has 4 nitrogen and oxygen atoms in total. The molecule has 0 saturated carbocycles. The summed E-state index contributed by atoms with van der Waals surface area (Å²) in [5, 5.41) is 2.93. The quantitative estimate of drug-likeness (QED) is 0.837. The molecule has 4 rings (SSSR count). The van der Waals surface area contributed by atoms with E-state index in [0.717, 1.165) is 62.0 Å². The molecule has 8 heteroatoms. The Morgan fingerprint density at radius 3 is 2.59 bits per heavy atom. The normalized spacial score (nSPS) is 17.5. The number of halogens is 4. The second-order valence-electron chi connectivity index (χ2n) is 6.68. The first-order valence-corrected chi connectivity index (χ1v) is 9.20. The molecule has 2 aliphatic rings. The van der Waals surface area contributed by atoms with Crippen LogP contribution in [0.1, 0.15) is 24.0 Å². The van der Waals surface area contributed by atoms with Gasteiger partial charge in [-0.3, -0.25) is 0 Å². The predicted octanol–water partition coefficient (Wildman–Crippen LogP) is 4.40. The van der Waals surface area contributed by atoms with Crippen LogP contribution in [0.2, 0.25) is 5.02 Å². The lowest BCUT2D eigenvalue weighted by Crippen LogP contribution is -2.21. The largest absolute Gasteiger partial charge is 0.417 e. The highest BCUT2D eigenvalue weighted by Gasteiger charge is 2.33. The monoisotopic (exact) mass is 394 g/mol. The van der Waals surface area contributed by atoms with E-state index in [2.05, 4.69) is 26.3 Å². The first-order valence-electron chi connectivity index (χ1n) is 8.83. The van der Waals surface area contributed by atoms with Crippen molar-refractivity contribution in [1.82, 2.24) is 15.3 Å². The fourth-order valence-electron chi connectivity index (χ4n) is 3.47. The highest BCUT2D eigenvalue weighted by atomic mass is 35.5. The highest BCUT2D eigenvalue weighted by molar-refractivity contribution is 6.31. The van der Waals surface area contributed by atoms with E-state index in [1.54, 1.807) is 6.20 Å². The maximum absolute atomic E-state index is 13.2. The van der Waals surface area contributed by atoms with Crippen LogP contribution in [0.4, 0.5) is 19.0 Å². The number of benzene rings is 1. The molecule has 0 bridgehead atoms. The topological polar surface area (TPSA) is 41.1 Å². The smallest absolute Gasteiger partial charge is 0.356 e. The number of rotatable bonds is 3. The fraction of sp³-hybridized carbons (Fsp3) is 0.368. The van der Waals surface area contributed by atoms with Crippen molar-refractivity contribution >= 4 is 23.0 Å². The lowest BCUT2D eigenvalue weighted by molar-refractivity contribution is -0.137. The molecule has 27 heavy (non-hydrogen) atoms. The molecule has 0 spiro atoms. The van der Waals surface area contributed by atoms with E-state index >= 15 is 0 Å². The predicted molar refractivity (Wildman–Crippen MR) is 99.8 cm³/mol.